The number of thioether (sulfide) groups is 1. The number of rotatable bonds is 1. The highest BCUT2D eigenvalue weighted by atomic mass is 32.2. The van der Waals surface area contributed by atoms with Crippen LogP contribution in [0.5, 0.6) is 0 Å². The highest BCUT2D eigenvalue weighted by Gasteiger charge is 2.48. The Kier molecular flexibility index (Phi) is 6.42. The van der Waals surface area contributed by atoms with Gasteiger partial charge in [-0.15, -0.1) is 0 Å². The van der Waals surface area contributed by atoms with Crippen LogP contribution in [0.2, 0.25) is 0 Å². The van der Waals surface area contributed by atoms with Crippen molar-refractivity contribution in [3.63, 3.8) is 0 Å². The molecule has 3 N–H and O–H groups in total. The summed E-state index contributed by atoms with van der Waals surface area (Å²) in [6, 6.07) is -0.616. The lowest BCUT2D eigenvalue weighted by molar-refractivity contribution is -0.269. The third-order valence-electron chi connectivity index (χ3n) is 5.17. The van der Waals surface area contributed by atoms with Crippen molar-refractivity contribution in [2.75, 3.05) is 5.75 Å². The van der Waals surface area contributed by atoms with Crippen LogP contribution in [0.4, 0.5) is 4.79 Å². The molecule has 2 fully saturated rings. The highest BCUT2D eigenvalue weighted by Crippen LogP contribution is 2.35. The van der Waals surface area contributed by atoms with Crippen molar-refractivity contribution in [2.24, 2.45) is 0 Å². The van der Waals surface area contributed by atoms with Gasteiger partial charge in [-0.2, -0.15) is 0 Å². The van der Waals surface area contributed by atoms with Crippen molar-refractivity contribution in [1.82, 2.24) is 10.6 Å². The topological polar surface area (TPSA) is 87.7 Å². The number of fused-ring (bicyclic) bond motifs is 2. The van der Waals surface area contributed by atoms with E-state index in [-0.39, 0.29) is 29.7 Å². The molecule has 0 spiro atoms. The molecule has 2 amide bonds. The Morgan fingerprint density at radius 1 is 1.27 bits per heavy atom. The molecule has 2 unspecified atom stereocenters. The highest BCUT2D eigenvalue weighted by molar-refractivity contribution is 8.14. The first-order chi connectivity index (χ1) is 12.4. The molecule has 3 heterocycles. The maximum absolute atomic E-state index is 12.3. The molecule has 0 aromatic carbocycles. The van der Waals surface area contributed by atoms with Gasteiger partial charge in [0.25, 0.3) is 5.24 Å². The van der Waals surface area contributed by atoms with Crippen molar-refractivity contribution < 1.29 is 19.4 Å². The molecule has 0 aliphatic carbocycles. The van der Waals surface area contributed by atoms with Crippen LogP contribution in [0.25, 0.3) is 0 Å². The van der Waals surface area contributed by atoms with Crippen LogP contribution in [0.1, 0.15) is 51.9 Å². The Balaban J connectivity index is 1.76. The van der Waals surface area contributed by atoms with E-state index in [1.807, 2.05) is 6.92 Å². The van der Waals surface area contributed by atoms with E-state index in [0.717, 1.165) is 49.4 Å². The molecule has 3 aliphatic heterocycles. The second-order valence-corrected chi connectivity index (χ2v) is 8.45. The maximum Gasteiger partial charge on any atom is 0.279 e. The van der Waals surface area contributed by atoms with Crippen LogP contribution in [-0.2, 0) is 9.53 Å². The molecule has 3 rings (SSSR count). The average molecular weight is 381 g/mol. The molecule has 0 saturated carbocycles. The smallest absolute Gasteiger partial charge is 0.279 e. The fourth-order valence-corrected chi connectivity index (χ4v) is 4.71. The van der Waals surface area contributed by atoms with Gasteiger partial charge in [0, 0.05) is 24.3 Å². The quantitative estimate of drug-likeness (QED) is 0.609. The number of ether oxygens (including phenoxy) is 1. The first-order valence-corrected chi connectivity index (χ1v) is 10.4. The molecule has 0 radical (unpaired) electrons. The van der Waals surface area contributed by atoms with Gasteiger partial charge in [0.2, 0.25) is 5.91 Å². The SMILES string of the molecule is C/C1=C/C(=O)NC2CC(CCC/C=C\CC1)O[C@@](O)([C@@H]1CSC(=O)N1)C2. The van der Waals surface area contributed by atoms with Crippen LogP contribution in [0.15, 0.2) is 23.8 Å². The Morgan fingerprint density at radius 3 is 2.85 bits per heavy atom. The van der Waals surface area contributed by atoms with E-state index >= 15 is 0 Å². The first kappa shape index (κ1) is 19.5. The zero-order valence-corrected chi connectivity index (χ0v) is 16.0. The molecular formula is C19H28N2O4S. The van der Waals surface area contributed by atoms with Crippen LogP contribution < -0.4 is 10.6 Å². The standard InChI is InChI=1S/C19H28N2O4S/c1-13-7-5-3-2-4-6-8-15-10-14(20-17(22)9-13)11-19(24,25-15)16-12-26-18(23)21-16/h2-3,9,14-16,24H,4-8,10-12H2,1H3,(H,20,22)(H,21,23)/b3-2-,13-9-/t14?,15?,16-,19+/m0/s1. The fourth-order valence-electron chi connectivity index (χ4n) is 3.83. The van der Waals surface area contributed by atoms with Gasteiger partial charge in [0.05, 0.1) is 12.1 Å². The summed E-state index contributed by atoms with van der Waals surface area (Å²) in [4.78, 5) is 23.9. The molecule has 2 bridgehead atoms. The van der Waals surface area contributed by atoms with Gasteiger partial charge >= 0.3 is 0 Å². The van der Waals surface area contributed by atoms with Crippen molar-refractivity contribution in [1.29, 1.82) is 0 Å². The van der Waals surface area contributed by atoms with E-state index in [2.05, 4.69) is 22.8 Å². The van der Waals surface area contributed by atoms with Crippen molar-refractivity contribution in [3.8, 4) is 0 Å². The van der Waals surface area contributed by atoms with Gasteiger partial charge in [-0.3, -0.25) is 9.59 Å². The van der Waals surface area contributed by atoms with E-state index in [1.165, 1.54) is 0 Å². The third kappa shape index (κ3) is 5.11. The van der Waals surface area contributed by atoms with Crippen LogP contribution >= 0.6 is 11.8 Å². The molecule has 3 aliphatic rings. The molecule has 26 heavy (non-hydrogen) atoms. The first-order valence-electron chi connectivity index (χ1n) is 9.41. The number of hydrogen-bond acceptors (Lipinski definition) is 5. The summed E-state index contributed by atoms with van der Waals surface area (Å²) in [7, 11) is 0. The summed E-state index contributed by atoms with van der Waals surface area (Å²) < 4.78 is 6.03. The van der Waals surface area contributed by atoms with Gasteiger partial charge in [0.1, 0.15) is 0 Å². The number of amides is 2. The molecule has 2 saturated heterocycles. The predicted molar refractivity (Wildman–Crippen MR) is 102 cm³/mol. The second-order valence-electron chi connectivity index (χ2n) is 7.46. The monoisotopic (exact) mass is 380 g/mol. The minimum atomic E-state index is -1.44. The van der Waals surface area contributed by atoms with Gasteiger partial charge in [0.15, 0.2) is 5.79 Å². The zero-order valence-electron chi connectivity index (χ0n) is 15.2. The number of nitrogens with one attached hydrogen (secondary N) is 2. The van der Waals surface area contributed by atoms with E-state index in [4.69, 9.17) is 4.74 Å². The van der Waals surface area contributed by atoms with Crippen molar-refractivity contribution in [2.45, 2.75) is 75.8 Å². The van der Waals surface area contributed by atoms with Gasteiger partial charge < -0.3 is 20.5 Å². The average Bonchev–Trinajstić information content (AvgIpc) is 3.00. The van der Waals surface area contributed by atoms with E-state index < -0.39 is 11.8 Å². The Labute approximate surface area is 158 Å². The summed E-state index contributed by atoms with van der Waals surface area (Å²) in [5.74, 6) is -1.09. The molecule has 0 aromatic heterocycles. The van der Waals surface area contributed by atoms with Crippen molar-refractivity contribution in [3.05, 3.63) is 23.8 Å². The van der Waals surface area contributed by atoms with Crippen LogP contribution in [-0.4, -0.2) is 46.0 Å². The fraction of sp³-hybridized carbons (Fsp3) is 0.684. The lowest BCUT2D eigenvalue weighted by atomic mass is 9.89. The summed E-state index contributed by atoms with van der Waals surface area (Å²) in [6.45, 7) is 1.97. The third-order valence-corrected chi connectivity index (χ3v) is 6.05. The lowest BCUT2D eigenvalue weighted by Crippen LogP contribution is -2.60. The summed E-state index contributed by atoms with van der Waals surface area (Å²) in [6.07, 6.45) is 11.4. The normalized spacial score (nSPS) is 39.9. The molecule has 144 valence electrons. The van der Waals surface area contributed by atoms with Crippen LogP contribution in [0, 0.1) is 0 Å². The van der Waals surface area contributed by atoms with E-state index in [0.29, 0.717) is 12.2 Å². The van der Waals surface area contributed by atoms with Crippen molar-refractivity contribution >= 4 is 22.9 Å². The molecular weight excluding hydrogens is 352 g/mol. The minimum Gasteiger partial charge on any atom is -0.364 e. The number of allylic oxidation sites excluding steroid dienone is 3. The van der Waals surface area contributed by atoms with Crippen LogP contribution in [0.3, 0.4) is 0 Å². The predicted octanol–water partition coefficient (Wildman–Crippen LogP) is 2.63. The number of carbonyl (C=O) groups excluding carboxylic acids is 2. The molecule has 0 aromatic rings. The summed E-state index contributed by atoms with van der Waals surface area (Å²) in [5, 5.41) is 16.8. The number of carbonyl (C=O) groups is 2. The molecule has 4 atom stereocenters. The second kappa shape index (κ2) is 8.59. The Hall–Kier alpha value is -1.31. The summed E-state index contributed by atoms with van der Waals surface area (Å²) in [5.41, 5.74) is 1.04. The Morgan fingerprint density at radius 2 is 2.08 bits per heavy atom. The van der Waals surface area contributed by atoms with Gasteiger partial charge in [-0.25, -0.2) is 0 Å². The molecule has 7 heteroatoms. The largest absolute Gasteiger partial charge is 0.364 e. The molecule has 6 nitrogen and oxygen atoms in total. The minimum absolute atomic E-state index is 0.124. The van der Waals surface area contributed by atoms with E-state index in [1.54, 1.807) is 6.08 Å². The number of aliphatic hydroxyl groups is 1. The Bertz CT molecular complexity index is 606. The maximum atomic E-state index is 12.3. The van der Waals surface area contributed by atoms with E-state index in [9.17, 15) is 14.7 Å². The summed E-state index contributed by atoms with van der Waals surface area (Å²) >= 11 is 1.16. The lowest BCUT2D eigenvalue weighted by Gasteiger charge is -2.44. The zero-order chi connectivity index (χ0) is 18.6. The van der Waals surface area contributed by atoms with Gasteiger partial charge in [-0.05, 0) is 45.4 Å². The number of hydrogen-bond donors (Lipinski definition) is 3. The van der Waals surface area contributed by atoms with Gasteiger partial charge in [-0.1, -0.05) is 29.5 Å².